The van der Waals surface area contributed by atoms with Crippen molar-refractivity contribution in [2.75, 3.05) is 31.6 Å². The van der Waals surface area contributed by atoms with Crippen LogP contribution in [0.5, 0.6) is 0 Å². The van der Waals surface area contributed by atoms with Gasteiger partial charge in [-0.25, -0.2) is 4.68 Å². The summed E-state index contributed by atoms with van der Waals surface area (Å²) in [4.78, 5) is 10.8. The van der Waals surface area contributed by atoms with Gasteiger partial charge in [-0.1, -0.05) is 6.92 Å². The third-order valence-electron chi connectivity index (χ3n) is 3.22. The zero-order chi connectivity index (χ0) is 14.5. The third kappa shape index (κ3) is 3.26. The van der Waals surface area contributed by atoms with Crippen LogP contribution >= 0.6 is 0 Å². The van der Waals surface area contributed by atoms with Crippen molar-refractivity contribution in [3.63, 3.8) is 0 Å². The maximum Gasteiger partial charge on any atom is 0.333 e. The Kier molecular flexibility index (Phi) is 4.91. The van der Waals surface area contributed by atoms with Gasteiger partial charge in [-0.05, 0) is 13.3 Å². The van der Waals surface area contributed by atoms with E-state index in [-0.39, 0.29) is 16.7 Å². The molecule has 0 saturated carbocycles. The summed E-state index contributed by atoms with van der Waals surface area (Å²) in [5.74, 6) is 0.475. The van der Waals surface area contributed by atoms with Crippen molar-refractivity contribution < 1.29 is 9.66 Å². The van der Waals surface area contributed by atoms with E-state index < -0.39 is 0 Å². The van der Waals surface area contributed by atoms with E-state index in [0.29, 0.717) is 31.2 Å². The number of morpholine rings is 1. The number of anilines is 1. The summed E-state index contributed by atoms with van der Waals surface area (Å²) in [6, 6.07) is 0. The van der Waals surface area contributed by atoms with Gasteiger partial charge in [0, 0.05) is 26.2 Å². The van der Waals surface area contributed by atoms with Gasteiger partial charge >= 0.3 is 5.69 Å². The molecule has 1 saturated heterocycles. The number of ether oxygens (including phenoxy) is 1. The fourth-order valence-electron chi connectivity index (χ4n) is 2.30. The third-order valence-corrected chi connectivity index (χ3v) is 3.22. The lowest BCUT2D eigenvalue weighted by Crippen LogP contribution is -2.42. The van der Waals surface area contributed by atoms with Crippen LogP contribution in [0.4, 0.5) is 11.5 Å². The Labute approximate surface area is 117 Å². The van der Waals surface area contributed by atoms with Crippen molar-refractivity contribution >= 4 is 11.5 Å². The lowest BCUT2D eigenvalue weighted by atomic mass is 10.3. The summed E-state index contributed by atoms with van der Waals surface area (Å²) in [7, 11) is 0. The molecule has 0 aromatic carbocycles. The number of nitrogens with zero attached hydrogens (tertiary/aromatic N) is 3. The molecular weight excluding hydrogens is 262 g/mol. The molecule has 0 bridgehead atoms. The van der Waals surface area contributed by atoms with Crippen molar-refractivity contribution in [2.24, 2.45) is 0 Å². The van der Waals surface area contributed by atoms with Crippen LogP contribution in [0.1, 0.15) is 19.0 Å². The number of nitrogens with one attached hydrogen (secondary N) is 2. The summed E-state index contributed by atoms with van der Waals surface area (Å²) in [5, 5.41) is 21.8. The highest BCUT2D eigenvalue weighted by atomic mass is 16.6. The van der Waals surface area contributed by atoms with E-state index in [1.165, 1.54) is 0 Å². The van der Waals surface area contributed by atoms with E-state index in [4.69, 9.17) is 4.74 Å². The first kappa shape index (κ1) is 14.7. The number of hydrogen-bond acceptors (Lipinski definition) is 6. The summed E-state index contributed by atoms with van der Waals surface area (Å²) < 4.78 is 7.25. The Balaban J connectivity index is 2.12. The molecule has 1 aliphatic rings. The molecule has 0 aliphatic carbocycles. The van der Waals surface area contributed by atoms with Gasteiger partial charge in [0.1, 0.15) is 5.69 Å². The standard InChI is InChI=1S/C12H21N5O3/c1-3-5-16-12(11(17(18)19)9(2)15-16)14-8-10-7-13-4-6-20-10/h10,13-14H,3-8H2,1-2H3. The molecule has 0 amide bonds. The van der Waals surface area contributed by atoms with E-state index in [1.807, 2.05) is 6.92 Å². The molecule has 0 spiro atoms. The summed E-state index contributed by atoms with van der Waals surface area (Å²) >= 11 is 0. The van der Waals surface area contributed by atoms with Crippen molar-refractivity contribution in [3.05, 3.63) is 15.8 Å². The summed E-state index contributed by atoms with van der Waals surface area (Å²) in [6.07, 6.45) is 0.891. The average Bonchev–Trinajstić information content (AvgIpc) is 2.74. The minimum absolute atomic E-state index is 0.0219. The molecule has 1 aliphatic heterocycles. The Morgan fingerprint density at radius 3 is 3.05 bits per heavy atom. The first-order valence-electron chi connectivity index (χ1n) is 6.91. The number of rotatable bonds is 6. The lowest BCUT2D eigenvalue weighted by molar-refractivity contribution is -0.384. The molecule has 2 heterocycles. The molecule has 8 nitrogen and oxygen atoms in total. The number of aryl methyl sites for hydroxylation is 2. The van der Waals surface area contributed by atoms with Crippen molar-refractivity contribution in [3.8, 4) is 0 Å². The molecule has 112 valence electrons. The van der Waals surface area contributed by atoms with Crippen molar-refractivity contribution in [1.29, 1.82) is 0 Å². The van der Waals surface area contributed by atoms with Gasteiger partial charge in [0.25, 0.3) is 0 Å². The molecule has 1 fully saturated rings. The first-order valence-corrected chi connectivity index (χ1v) is 6.91. The second-order valence-electron chi connectivity index (χ2n) is 4.84. The number of nitro groups is 1. The molecule has 8 heteroatoms. The maximum atomic E-state index is 11.2. The van der Waals surface area contributed by atoms with Gasteiger partial charge in [0.2, 0.25) is 5.82 Å². The van der Waals surface area contributed by atoms with Gasteiger partial charge in [-0.3, -0.25) is 10.1 Å². The number of aromatic nitrogens is 2. The van der Waals surface area contributed by atoms with E-state index >= 15 is 0 Å². The largest absolute Gasteiger partial charge is 0.374 e. The van der Waals surface area contributed by atoms with E-state index in [2.05, 4.69) is 15.7 Å². The van der Waals surface area contributed by atoms with Gasteiger partial charge in [0.15, 0.2) is 0 Å². The van der Waals surface area contributed by atoms with Crippen LogP contribution in [0, 0.1) is 17.0 Å². The van der Waals surface area contributed by atoms with Crippen molar-refractivity contribution in [1.82, 2.24) is 15.1 Å². The second-order valence-corrected chi connectivity index (χ2v) is 4.84. The van der Waals surface area contributed by atoms with Crippen LogP contribution in [0.15, 0.2) is 0 Å². The van der Waals surface area contributed by atoms with Crippen LogP contribution in [0.3, 0.4) is 0 Å². The highest BCUT2D eigenvalue weighted by Crippen LogP contribution is 2.28. The predicted molar refractivity (Wildman–Crippen MR) is 75.0 cm³/mol. The minimum atomic E-state index is -0.378. The fraction of sp³-hybridized carbons (Fsp3) is 0.750. The van der Waals surface area contributed by atoms with E-state index in [1.54, 1.807) is 11.6 Å². The Bertz CT molecular complexity index is 468. The van der Waals surface area contributed by atoms with Gasteiger partial charge < -0.3 is 15.4 Å². The summed E-state index contributed by atoms with van der Waals surface area (Å²) in [6.45, 7) is 7.13. The zero-order valence-corrected chi connectivity index (χ0v) is 11.9. The summed E-state index contributed by atoms with van der Waals surface area (Å²) in [5.41, 5.74) is 0.496. The van der Waals surface area contributed by atoms with E-state index in [9.17, 15) is 10.1 Å². The number of hydrogen-bond donors (Lipinski definition) is 2. The highest BCUT2D eigenvalue weighted by Gasteiger charge is 2.26. The quantitative estimate of drug-likeness (QED) is 0.595. The average molecular weight is 283 g/mol. The molecule has 1 unspecified atom stereocenters. The Hall–Kier alpha value is -1.67. The molecule has 1 atom stereocenters. The van der Waals surface area contributed by atoms with Gasteiger partial charge in [-0.15, -0.1) is 0 Å². The highest BCUT2D eigenvalue weighted by molar-refractivity contribution is 5.59. The van der Waals surface area contributed by atoms with E-state index in [0.717, 1.165) is 19.5 Å². The molecule has 20 heavy (non-hydrogen) atoms. The van der Waals surface area contributed by atoms with Gasteiger partial charge in [0.05, 0.1) is 17.6 Å². The molecule has 2 rings (SSSR count). The Morgan fingerprint density at radius 1 is 1.65 bits per heavy atom. The molecule has 2 N–H and O–H groups in total. The predicted octanol–water partition coefficient (Wildman–Crippen LogP) is 0.910. The van der Waals surface area contributed by atoms with Crippen LogP contribution < -0.4 is 10.6 Å². The molecular formula is C12H21N5O3. The van der Waals surface area contributed by atoms with Crippen LogP contribution in [-0.4, -0.2) is 47.0 Å². The second kappa shape index (κ2) is 6.67. The molecule has 0 radical (unpaired) electrons. The zero-order valence-electron chi connectivity index (χ0n) is 11.9. The smallest absolute Gasteiger partial charge is 0.333 e. The normalized spacial score (nSPS) is 19.0. The first-order chi connectivity index (χ1) is 9.63. The van der Waals surface area contributed by atoms with Crippen LogP contribution in [0.25, 0.3) is 0 Å². The lowest BCUT2D eigenvalue weighted by Gasteiger charge is -2.24. The fourth-order valence-corrected chi connectivity index (χ4v) is 2.30. The minimum Gasteiger partial charge on any atom is -0.374 e. The Morgan fingerprint density at radius 2 is 2.45 bits per heavy atom. The van der Waals surface area contributed by atoms with Crippen LogP contribution in [0.2, 0.25) is 0 Å². The van der Waals surface area contributed by atoms with Crippen molar-refractivity contribution in [2.45, 2.75) is 32.9 Å². The van der Waals surface area contributed by atoms with Crippen LogP contribution in [-0.2, 0) is 11.3 Å². The van der Waals surface area contributed by atoms with Gasteiger partial charge in [-0.2, -0.15) is 5.10 Å². The maximum absolute atomic E-state index is 11.2. The monoisotopic (exact) mass is 283 g/mol. The molecule has 1 aromatic heterocycles. The molecule has 1 aromatic rings. The SMILES string of the molecule is CCCn1nc(C)c([N+](=O)[O-])c1NCC1CNCCO1. The topological polar surface area (TPSA) is 94.2 Å².